The highest BCUT2D eigenvalue weighted by Gasteiger charge is 2.40. The first-order valence-electron chi connectivity index (χ1n) is 12.2. The SMILES string of the molecule is COC(=O)c1cnc(N2CCN(c3nnc(Cc4ccccc4)c4c3CCC4)C[C@H]2C)nc1C(F)(F)F. The van der Waals surface area contributed by atoms with Crippen LogP contribution in [0.2, 0.25) is 0 Å². The van der Waals surface area contributed by atoms with Crippen molar-refractivity contribution >= 4 is 17.7 Å². The van der Waals surface area contributed by atoms with Gasteiger partial charge in [-0.2, -0.15) is 18.3 Å². The van der Waals surface area contributed by atoms with E-state index in [0.29, 0.717) is 19.6 Å². The number of hydrogen-bond donors (Lipinski definition) is 0. The standard InChI is InChI=1S/C26H27F3N6O2/c1-16-15-34(11-12-35(16)25-30-14-20(24(36)37-2)22(31-25)26(27,28)29)23-19-10-6-9-18(19)21(32-33-23)13-17-7-4-3-5-8-17/h3-5,7-8,14,16H,6,9-13,15H2,1-2H3/t16-/m1/s1. The molecule has 1 atom stereocenters. The maximum Gasteiger partial charge on any atom is 0.434 e. The monoisotopic (exact) mass is 512 g/mol. The molecule has 1 aliphatic heterocycles. The summed E-state index contributed by atoms with van der Waals surface area (Å²) in [5, 5.41) is 9.21. The van der Waals surface area contributed by atoms with Crippen molar-refractivity contribution < 1.29 is 22.7 Å². The Labute approximate surface area is 212 Å². The third kappa shape index (κ3) is 4.94. The molecule has 0 amide bonds. The number of carbonyl (C=O) groups excluding carboxylic acids is 1. The highest BCUT2D eigenvalue weighted by molar-refractivity contribution is 5.90. The summed E-state index contributed by atoms with van der Waals surface area (Å²) in [5.74, 6) is -0.338. The summed E-state index contributed by atoms with van der Waals surface area (Å²) >= 11 is 0. The van der Waals surface area contributed by atoms with Gasteiger partial charge >= 0.3 is 12.1 Å². The number of nitrogens with zero attached hydrogens (tertiary/aromatic N) is 6. The van der Waals surface area contributed by atoms with Crippen molar-refractivity contribution in [2.75, 3.05) is 36.5 Å². The van der Waals surface area contributed by atoms with Crippen LogP contribution in [-0.4, -0.2) is 58.9 Å². The minimum Gasteiger partial charge on any atom is -0.465 e. The molecule has 194 valence electrons. The van der Waals surface area contributed by atoms with Gasteiger partial charge in [0.15, 0.2) is 11.5 Å². The van der Waals surface area contributed by atoms with E-state index in [1.165, 1.54) is 16.7 Å². The van der Waals surface area contributed by atoms with E-state index in [-0.39, 0.29) is 12.0 Å². The van der Waals surface area contributed by atoms with Gasteiger partial charge in [-0.1, -0.05) is 30.3 Å². The predicted octanol–water partition coefficient (Wildman–Crippen LogP) is 3.87. The molecule has 0 radical (unpaired) electrons. The minimum atomic E-state index is -4.82. The fourth-order valence-corrected chi connectivity index (χ4v) is 5.16. The fraction of sp³-hybridized carbons (Fsp3) is 0.423. The molecule has 0 unspecified atom stereocenters. The number of piperazine rings is 1. The van der Waals surface area contributed by atoms with E-state index in [2.05, 4.69) is 41.9 Å². The summed E-state index contributed by atoms with van der Waals surface area (Å²) in [6, 6.07) is 10.0. The number of halogens is 3. The zero-order chi connectivity index (χ0) is 26.2. The van der Waals surface area contributed by atoms with Crippen LogP contribution in [0.25, 0.3) is 0 Å². The third-order valence-corrected chi connectivity index (χ3v) is 6.95. The van der Waals surface area contributed by atoms with Crippen LogP contribution < -0.4 is 9.80 Å². The molecule has 1 aliphatic carbocycles. The molecule has 1 fully saturated rings. The molecular weight excluding hydrogens is 485 g/mol. The summed E-state index contributed by atoms with van der Waals surface area (Å²) < 4.78 is 45.4. The molecule has 0 saturated carbocycles. The third-order valence-electron chi connectivity index (χ3n) is 6.95. The van der Waals surface area contributed by atoms with Crippen LogP contribution >= 0.6 is 0 Å². The quantitative estimate of drug-likeness (QED) is 0.477. The van der Waals surface area contributed by atoms with E-state index in [9.17, 15) is 18.0 Å². The van der Waals surface area contributed by atoms with Crippen molar-refractivity contribution in [2.45, 2.75) is 44.8 Å². The Bertz CT molecular complexity index is 1300. The van der Waals surface area contributed by atoms with Crippen molar-refractivity contribution in [3.8, 4) is 0 Å². The second-order valence-corrected chi connectivity index (χ2v) is 9.35. The lowest BCUT2D eigenvalue weighted by molar-refractivity contribution is -0.141. The summed E-state index contributed by atoms with van der Waals surface area (Å²) in [5.41, 5.74) is 2.69. The number of anilines is 2. The number of benzene rings is 1. The molecule has 0 spiro atoms. The summed E-state index contributed by atoms with van der Waals surface area (Å²) in [4.78, 5) is 23.5. The molecule has 5 rings (SSSR count). The molecule has 1 aromatic carbocycles. The summed E-state index contributed by atoms with van der Waals surface area (Å²) in [7, 11) is 1.02. The Morgan fingerprint density at radius 3 is 2.57 bits per heavy atom. The number of methoxy groups -OCH3 is 1. The van der Waals surface area contributed by atoms with Gasteiger partial charge in [-0.3, -0.25) is 0 Å². The molecule has 1 saturated heterocycles. The van der Waals surface area contributed by atoms with E-state index < -0.39 is 23.4 Å². The lowest BCUT2D eigenvalue weighted by Gasteiger charge is -2.41. The maximum atomic E-state index is 13.6. The molecule has 3 heterocycles. The largest absolute Gasteiger partial charge is 0.465 e. The first-order chi connectivity index (χ1) is 17.8. The molecule has 0 N–H and O–H groups in total. The van der Waals surface area contributed by atoms with Crippen molar-refractivity contribution in [3.63, 3.8) is 0 Å². The van der Waals surface area contributed by atoms with Crippen LogP contribution in [0.1, 0.15) is 51.8 Å². The number of aromatic nitrogens is 4. The van der Waals surface area contributed by atoms with Gasteiger partial charge < -0.3 is 14.5 Å². The van der Waals surface area contributed by atoms with E-state index in [1.54, 1.807) is 4.90 Å². The summed E-state index contributed by atoms with van der Waals surface area (Å²) in [6.07, 6.45) is -0.238. The van der Waals surface area contributed by atoms with Gasteiger partial charge in [0.1, 0.15) is 5.56 Å². The van der Waals surface area contributed by atoms with Crippen LogP contribution in [0.3, 0.4) is 0 Å². The maximum absolute atomic E-state index is 13.6. The minimum absolute atomic E-state index is 0.0679. The van der Waals surface area contributed by atoms with E-state index in [1.807, 2.05) is 25.1 Å². The van der Waals surface area contributed by atoms with Crippen molar-refractivity contribution in [2.24, 2.45) is 0 Å². The first kappa shape index (κ1) is 24.9. The van der Waals surface area contributed by atoms with Crippen LogP contribution in [0, 0.1) is 0 Å². The Morgan fingerprint density at radius 2 is 1.86 bits per heavy atom. The van der Waals surface area contributed by atoms with E-state index in [4.69, 9.17) is 0 Å². The van der Waals surface area contributed by atoms with Crippen molar-refractivity contribution in [1.29, 1.82) is 0 Å². The van der Waals surface area contributed by atoms with Gasteiger partial charge in [-0.05, 0) is 37.3 Å². The molecule has 2 aromatic heterocycles. The van der Waals surface area contributed by atoms with Gasteiger partial charge in [0.25, 0.3) is 0 Å². The number of carbonyl (C=O) groups is 1. The Balaban J connectivity index is 1.37. The molecule has 0 bridgehead atoms. The highest BCUT2D eigenvalue weighted by Crippen LogP contribution is 2.35. The van der Waals surface area contributed by atoms with Crippen LogP contribution in [-0.2, 0) is 30.2 Å². The smallest absolute Gasteiger partial charge is 0.434 e. The second-order valence-electron chi connectivity index (χ2n) is 9.35. The zero-order valence-electron chi connectivity index (χ0n) is 20.6. The Kier molecular flexibility index (Phi) is 6.70. The molecule has 8 nitrogen and oxygen atoms in total. The topological polar surface area (TPSA) is 84.3 Å². The number of fused-ring (bicyclic) bond motifs is 1. The second kappa shape index (κ2) is 9.95. The van der Waals surface area contributed by atoms with E-state index in [0.717, 1.165) is 50.5 Å². The molecule has 37 heavy (non-hydrogen) atoms. The first-order valence-corrected chi connectivity index (χ1v) is 12.2. The van der Waals surface area contributed by atoms with Crippen molar-refractivity contribution in [1.82, 2.24) is 20.2 Å². The highest BCUT2D eigenvalue weighted by atomic mass is 19.4. The van der Waals surface area contributed by atoms with Gasteiger partial charge in [-0.15, -0.1) is 5.10 Å². The lowest BCUT2D eigenvalue weighted by Crippen LogP contribution is -2.53. The Hall–Kier alpha value is -3.76. The van der Waals surface area contributed by atoms with Gasteiger partial charge in [0.2, 0.25) is 5.95 Å². The number of esters is 1. The number of hydrogen-bond acceptors (Lipinski definition) is 8. The summed E-state index contributed by atoms with van der Waals surface area (Å²) in [6.45, 7) is 3.38. The lowest BCUT2D eigenvalue weighted by atomic mass is 10.0. The average Bonchev–Trinajstić information content (AvgIpc) is 3.39. The van der Waals surface area contributed by atoms with Crippen LogP contribution in [0.5, 0.6) is 0 Å². The van der Waals surface area contributed by atoms with Crippen molar-refractivity contribution in [3.05, 3.63) is 70.2 Å². The van der Waals surface area contributed by atoms with Gasteiger partial charge in [-0.25, -0.2) is 14.8 Å². The molecule has 2 aliphatic rings. The number of alkyl halides is 3. The number of ether oxygens (including phenoxy) is 1. The fourth-order valence-electron chi connectivity index (χ4n) is 5.16. The zero-order valence-corrected chi connectivity index (χ0v) is 20.6. The predicted molar refractivity (Wildman–Crippen MR) is 131 cm³/mol. The molecule has 3 aromatic rings. The van der Waals surface area contributed by atoms with E-state index >= 15 is 0 Å². The van der Waals surface area contributed by atoms with Crippen LogP contribution in [0.4, 0.5) is 24.9 Å². The van der Waals surface area contributed by atoms with Gasteiger partial charge in [0, 0.05) is 43.9 Å². The normalized spacial score (nSPS) is 17.6. The number of rotatable bonds is 5. The van der Waals surface area contributed by atoms with Crippen LogP contribution in [0.15, 0.2) is 36.5 Å². The van der Waals surface area contributed by atoms with Gasteiger partial charge in [0.05, 0.1) is 12.8 Å². The average molecular weight is 513 g/mol. The Morgan fingerprint density at radius 1 is 1.11 bits per heavy atom. The molecular formula is C26H27F3N6O2. The molecule has 11 heteroatoms.